The zero-order valence-corrected chi connectivity index (χ0v) is 14.1. The Morgan fingerprint density at radius 2 is 2.04 bits per heavy atom. The van der Waals surface area contributed by atoms with Crippen molar-refractivity contribution in [3.8, 4) is 0 Å². The molecule has 2 heterocycles. The summed E-state index contributed by atoms with van der Waals surface area (Å²) >= 11 is 1.30. The molecule has 0 unspecified atom stereocenters. The van der Waals surface area contributed by atoms with E-state index in [4.69, 9.17) is 0 Å². The average molecular weight is 340 g/mol. The predicted octanol–water partition coefficient (Wildman–Crippen LogP) is 2.62. The van der Waals surface area contributed by atoms with Crippen LogP contribution in [0.3, 0.4) is 0 Å². The van der Waals surface area contributed by atoms with Crippen molar-refractivity contribution in [1.29, 1.82) is 0 Å². The van der Waals surface area contributed by atoms with Crippen LogP contribution in [-0.2, 0) is 6.54 Å². The van der Waals surface area contributed by atoms with E-state index in [1.54, 1.807) is 6.20 Å². The van der Waals surface area contributed by atoms with Crippen LogP contribution >= 0.6 is 11.3 Å². The quantitative estimate of drug-likeness (QED) is 0.792. The summed E-state index contributed by atoms with van der Waals surface area (Å²) in [5, 5.41) is 11.6. The maximum absolute atomic E-state index is 12.3. The standard InChI is InChI=1S/C17H16N4O2S/c1-11-4-3-5-13(8-11)9-21-10-14(6-7-15(21)22)16(23)18-17-20-19-12(2)24-17/h3-8,10H,9H2,1-2H3,(H,18,20,23). The smallest absolute Gasteiger partial charge is 0.258 e. The van der Waals surface area contributed by atoms with Crippen molar-refractivity contribution >= 4 is 22.4 Å². The molecule has 1 amide bonds. The molecular formula is C17H16N4O2S. The van der Waals surface area contributed by atoms with Gasteiger partial charge >= 0.3 is 0 Å². The van der Waals surface area contributed by atoms with Crippen LogP contribution in [0.4, 0.5) is 5.13 Å². The number of nitrogens with one attached hydrogen (secondary N) is 1. The van der Waals surface area contributed by atoms with Crippen molar-refractivity contribution in [2.45, 2.75) is 20.4 Å². The predicted molar refractivity (Wildman–Crippen MR) is 93.6 cm³/mol. The molecule has 2 aromatic heterocycles. The molecule has 0 saturated carbocycles. The molecule has 3 rings (SSSR count). The van der Waals surface area contributed by atoms with Gasteiger partial charge in [-0.3, -0.25) is 14.9 Å². The van der Waals surface area contributed by atoms with Gasteiger partial charge in [0.2, 0.25) is 5.13 Å². The average Bonchev–Trinajstić information content (AvgIpc) is 2.94. The van der Waals surface area contributed by atoms with Gasteiger partial charge in [0, 0.05) is 12.3 Å². The van der Waals surface area contributed by atoms with Crippen LogP contribution in [0.1, 0.15) is 26.5 Å². The second-order valence-electron chi connectivity index (χ2n) is 5.45. The van der Waals surface area contributed by atoms with Crippen LogP contribution in [-0.4, -0.2) is 20.7 Å². The minimum atomic E-state index is -0.316. The third kappa shape index (κ3) is 3.75. The number of amides is 1. The van der Waals surface area contributed by atoms with Crippen LogP contribution in [0.25, 0.3) is 0 Å². The Hall–Kier alpha value is -2.80. The van der Waals surface area contributed by atoms with E-state index in [1.807, 2.05) is 38.1 Å². The Morgan fingerprint density at radius 1 is 1.21 bits per heavy atom. The Labute approximate surface area is 142 Å². The van der Waals surface area contributed by atoms with Gasteiger partial charge in [0.15, 0.2) is 0 Å². The Kier molecular flexibility index (Phi) is 4.52. The monoisotopic (exact) mass is 340 g/mol. The Morgan fingerprint density at radius 3 is 2.75 bits per heavy atom. The van der Waals surface area contributed by atoms with E-state index >= 15 is 0 Å². The fourth-order valence-electron chi connectivity index (χ4n) is 2.31. The molecule has 6 nitrogen and oxygen atoms in total. The zero-order valence-electron chi connectivity index (χ0n) is 13.3. The highest BCUT2D eigenvalue weighted by atomic mass is 32.1. The van der Waals surface area contributed by atoms with Gasteiger partial charge in [-0.15, -0.1) is 10.2 Å². The number of hydrogen-bond donors (Lipinski definition) is 1. The second-order valence-corrected chi connectivity index (χ2v) is 6.63. The van der Waals surface area contributed by atoms with Gasteiger partial charge in [0.1, 0.15) is 5.01 Å². The van der Waals surface area contributed by atoms with E-state index in [9.17, 15) is 9.59 Å². The lowest BCUT2D eigenvalue weighted by molar-refractivity contribution is 0.102. The number of aromatic nitrogens is 3. The topological polar surface area (TPSA) is 76.9 Å². The molecule has 122 valence electrons. The molecule has 0 aliphatic carbocycles. The molecule has 0 fully saturated rings. The molecule has 0 aliphatic rings. The van der Waals surface area contributed by atoms with Crippen LogP contribution in [0.5, 0.6) is 0 Å². The largest absolute Gasteiger partial charge is 0.310 e. The van der Waals surface area contributed by atoms with Crippen molar-refractivity contribution in [1.82, 2.24) is 14.8 Å². The number of carbonyl (C=O) groups excluding carboxylic acids is 1. The maximum atomic E-state index is 12.3. The number of anilines is 1. The molecule has 0 spiro atoms. The van der Waals surface area contributed by atoms with Gasteiger partial charge in [0.05, 0.1) is 12.1 Å². The summed E-state index contributed by atoms with van der Waals surface area (Å²) in [6.07, 6.45) is 1.56. The lowest BCUT2D eigenvalue weighted by atomic mass is 10.1. The first-order valence-corrected chi connectivity index (χ1v) is 8.20. The van der Waals surface area contributed by atoms with Gasteiger partial charge in [0.25, 0.3) is 11.5 Å². The molecule has 0 radical (unpaired) electrons. The van der Waals surface area contributed by atoms with Gasteiger partial charge in [-0.1, -0.05) is 41.2 Å². The van der Waals surface area contributed by atoms with Crippen molar-refractivity contribution in [2.75, 3.05) is 5.32 Å². The van der Waals surface area contributed by atoms with Crippen LogP contribution < -0.4 is 10.9 Å². The molecule has 0 saturated heterocycles. The normalized spacial score (nSPS) is 10.6. The van der Waals surface area contributed by atoms with Gasteiger partial charge < -0.3 is 4.57 Å². The molecule has 1 N–H and O–H groups in total. The highest BCUT2D eigenvalue weighted by molar-refractivity contribution is 7.15. The lowest BCUT2D eigenvalue weighted by Crippen LogP contribution is -2.22. The first-order valence-electron chi connectivity index (χ1n) is 7.39. The molecular weight excluding hydrogens is 324 g/mol. The SMILES string of the molecule is Cc1cccc(Cn2cc(C(=O)Nc3nnc(C)s3)ccc2=O)c1. The molecule has 7 heteroatoms. The second kappa shape index (κ2) is 6.76. The van der Waals surface area contributed by atoms with Gasteiger partial charge in [-0.25, -0.2) is 0 Å². The van der Waals surface area contributed by atoms with E-state index in [2.05, 4.69) is 15.5 Å². The van der Waals surface area contributed by atoms with E-state index in [-0.39, 0.29) is 11.5 Å². The van der Waals surface area contributed by atoms with E-state index in [0.29, 0.717) is 17.2 Å². The molecule has 1 aromatic carbocycles. The first-order chi connectivity index (χ1) is 11.5. The summed E-state index contributed by atoms with van der Waals surface area (Å²) in [7, 11) is 0. The number of hydrogen-bond acceptors (Lipinski definition) is 5. The van der Waals surface area contributed by atoms with Crippen LogP contribution in [0.2, 0.25) is 0 Å². The maximum Gasteiger partial charge on any atom is 0.258 e. The van der Waals surface area contributed by atoms with Crippen LogP contribution in [0.15, 0.2) is 47.4 Å². The first kappa shape index (κ1) is 16.1. The van der Waals surface area contributed by atoms with E-state index < -0.39 is 0 Å². The van der Waals surface area contributed by atoms with E-state index in [0.717, 1.165) is 16.1 Å². The number of nitrogens with zero attached hydrogens (tertiary/aromatic N) is 3. The zero-order chi connectivity index (χ0) is 17.1. The third-order valence-corrected chi connectivity index (χ3v) is 4.18. The molecule has 24 heavy (non-hydrogen) atoms. The minimum Gasteiger partial charge on any atom is -0.310 e. The van der Waals surface area contributed by atoms with Crippen LogP contribution in [0, 0.1) is 13.8 Å². The van der Waals surface area contributed by atoms with Gasteiger partial charge in [-0.2, -0.15) is 0 Å². The summed E-state index contributed by atoms with van der Waals surface area (Å²) in [5.41, 5.74) is 2.38. The summed E-state index contributed by atoms with van der Waals surface area (Å²) in [6.45, 7) is 4.23. The summed E-state index contributed by atoms with van der Waals surface area (Å²) in [6, 6.07) is 10.8. The number of rotatable bonds is 4. The van der Waals surface area contributed by atoms with Crippen molar-refractivity contribution < 1.29 is 4.79 Å². The number of pyridine rings is 1. The highest BCUT2D eigenvalue weighted by Crippen LogP contribution is 2.14. The summed E-state index contributed by atoms with van der Waals surface area (Å²) in [4.78, 5) is 24.4. The van der Waals surface area contributed by atoms with Gasteiger partial charge in [-0.05, 0) is 25.5 Å². The minimum absolute atomic E-state index is 0.153. The fourth-order valence-corrected chi connectivity index (χ4v) is 2.90. The summed E-state index contributed by atoms with van der Waals surface area (Å²) in [5.74, 6) is -0.316. The van der Waals surface area contributed by atoms with Crippen molar-refractivity contribution in [3.63, 3.8) is 0 Å². The van der Waals surface area contributed by atoms with E-state index in [1.165, 1.54) is 28.0 Å². The molecule has 0 bridgehead atoms. The molecule has 0 atom stereocenters. The van der Waals surface area contributed by atoms with Crippen molar-refractivity contribution in [2.24, 2.45) is 0 Å². The molecule has 3 aromatic rings. The number of benzene rings is 1. The summed E-state index contributed by atoms with van der Waals surface area (Å²) < 4.78 is 1.52. The molecule has 0 aliphatic heterocycles. The number of aryl methyl sites for hydroxylation is 2. The fraction of sp³-hybridized carbons (Fsp3) is 0.176. The Balaban J connectivity index is 1.83. The highest BCUT2D eigenvalue weighted by Gasteiger charge is 2.11. The van der Waals surface area contributed by atoms with Crippen molar-refractivity contribution in [3.05, 3.63) is 74.6 Å². The lowest BCUT2D eigenvalue weighted by Gasteiger charge is -2.09. The third-order valence-electron chi connectivity index (χ3n) is 3.43. The Bertz CT molecular complexity index is 946. The number of carbonyl (C=O) groups is 1.